The molecule has 0 saturated carbocycles. The number of hydrogen-bond acceptors (Lipinski definition) is 1. The largest absolute Gasteiger partial charge is 0.353 e. The summed E-state index contributed by atoms with van der Waals surface area (Å²) in [4.78, 5) is 11.6. The van der Waals surface area contributed by atoms with Gasteiger partial charge in [-0.1, -0.05) is 95.1 Å². The highest BCUT2D eigenvalue weighted by molar-refractivity contribution is 5.78. The minimum atomic E-state index is -0.505. The van der Waals surface area contributed by atoms with Crippen LogP contribution in [0.15, 0.2) is 48.6 Å². The SMILES string of the molecule is CCCCCC(C)C/C=C\C/C=C\C/C=C\C/C=C\CCC(C)C(=O)NCCF. The summed E-state index contributed by atoms with van der Waals surface area (Å²) < 4.78 is 12.0. The van der Waals surface area contributed by atoms with Gasteiger partial charge < -0.3 is 5.32 Å². The van der Waals surface area contributed by atoms with Gasteiger partial charge in [-0.15, -0.1) is 0 Å². The molecule has 0 aliphatic carbocycles. The molecule has 166 valence electrons. The third-order valence-electron chi connectivity index (χ3n) is 4.93. The van der Waals surface area contributed by atoms with Crippen molar-refractivity contribution < 1.29 is 9.18 Å². The van der Waals surface area contributed by atoms with E-state index in [0.29, 0.717) is 0 Å². The van der Waals surface area contributed by atoms with Gasteiger partial charge in [0.15, 0.2) is 0 Å². The normalized spacial score (nSPS) is 14.5. The average Bonchev–Trinajstić information content (AvgIpc) is 2.72. The predicted octanol–water partition coefficient (Wildman–Crippen LogP) is 7.49. The lowest BCUT2D eigenvalue weighted by atomic mass is 10.00. The molecule has 0 fully saturated rings. The Balaban J connectivity index is 3.64. The number of carbonyl (C=O) groups excluding carboxylic acids is 1. The van der Waals surface area contributed by atoms with Crippen molar-refractivity contribution in [3.63, 3.8) is 0 Å². The highest BCUT2D eigenvalue weighted by Gasteiger charge is 2.10. The molecular formula is C26H44FNO. The number of nitrogens with one attached hydrogen (secondary N) is 1. The van der Waals surface area contributed by atoms with Gasteiger partial charge in [-0.25, -0.2) is 4.39 Å². The molecule has 3 heteroatoms. The third kappa shape index (κ3) is 19.4. The maximum absolute atomic E-state index is 12.0. The minimum absolute atomic E-state index is 0.0564. The minimum Gasteiger partial charge on any atom is -0.353 e. The van der Waals surface area contributed by atoms with Crippen molar-refractivity contribution in [3.8, 4) is 0 Å². The van der Waals surface area contributed by atoms with Crippen molar-refractivity contribution in [2.75, 3.05) is 13.2 Å². The maximum atomic E-state index is 12.0. The lowest BCUT2D eigenvalue weighted by Gasteiger charge is -2.09. The molecule has 1 N–H and O–H groups in total. The number of rotatable bonds is 18. The lowest BCUT2D eigenvalue weighted by molar-refractivity contribution is -0.124. The standard InChI is InChI=1S/C26H44FNO/c1-4-5-16-19-24(2)20-17-14-12-10-8-6-7-9-11-13-15-18-21-25(3)26(29)28-23-22-27/h7-10,13-15,17,24-25H,4-6,11-12,16,18-23H2,1-3H3,(H,28,29)/b9-7-,10-8-,15-13-,17-14-. The highest BCUT2D eigenvalue weighted by Crippen LogP contribution is 2.13. The highest BCUT2D eigenvalue weighted by atomic mass is 19.1. The summed E-state index contributed by atoms with van der Waals surface area (Å²) in [7, 11) is 0. The second-order valence-corrected chi connectivity index (χ2v) is 7.89. The van der Waals surface area contributed by atoms with Gasteiger partial charge in [-0.2, -0.15) is 0 Å². The quantitative estimate of drug-likeness (QED) is 0.186. The molecule has 2 atom stereocenters. The van der Waals surface area contributed by atoms with E-state index in [0.717, 1.165) is 38.0 Å². The molecule has 2 unspecified atom stereocenters. The van der Waals surface area contributed by atoms with Crippen LogP contribution >= 0.6 is 0 Å². The number of carbonyl (C=O) groups is 1. The van der Waals surface area contributed by atoms with E-state index >= 15 is 0 Å². The third-order valence-corrected chi connectivity index (χ3v) is 4.93. The van der Waals surface area contributed by atoms with E-state index in [1.807, 2.05) is 6.92 Å². The summed E-state index contributed by atoms with van der Waals surface area (Å²) in [5.74, 6) is 0.684. The molecule has 0 aromatic rings. The molecule has 0 spiro atoms. The molecule has 0 bridgehead atoms. The van der Waals surface area contributed by atoms with E-state index in [4.69, 9.17) is 0 Å². The summed E-state index contributed by atoms with van der Waals surface area (Å²) in [5.41, 5.74) is 0. The van der Waals surface area contributed by atoms with Crippen LogP contribution in [0.4, 0.5) is 4.39 Å². The topological polar surface area (TPSA) is 29.1 Å². The van der Waals surface area contributed by atoms with Crippen molar-refractivity contribution in [3.05, 3.63) is 48.6 Å². The number of alkyl halides is 1. The number of amides is 1. The smallest absolute Gasteiger partial charge is 0.222 e. The van der Waals surface area contributed by atoms with E-state index in [1.165, 1.54) is 32.1 Å². The van der Waals surface area contributed by atoms with Crippen LogP contribution in [0.5, 0.6) is 0 Å². The van der Waals surface area contributed by atoms with Gasteiger partial charge in [0.25, 0.3) is 0 Å². The van der Waals surface area contributed by atoms with Crippen LogP contribution in [0.25, 0.3) is 0 Å². The van der Waals surface area contributed by atoms with Crippen LogP contribution in [0.2, 0.25) is 0 Å². The Hall–Kier alpha value is -1.64. The van der Waals surface area contributed by atoms with Crippen molar-refractivity contribution in [1.29, 1.82) is 0 Å². The molecule has 0 heterocycles. The van der Waals surface area contributed by atoms with Gasteiger partial charge in [-0.05, 0) is 44.4 Å². The molecule has 0 radical (unpaired) electrons. The zero-order valence-electron chi connectivity index (χ0n) is 19.0. The Kier molecular flexibility index (Phi) is 19.9. The first-order chi connectivity index (χ1) is 14.1. The Morgan fingerprint density at radius 3 is 2.03 bits per heavy atom. The molecule has 29 heavy (non-hydrogen) atoms. The number of halogens is 1. The van der Waals surface area contributed by atoms with Crippen molar-refractivity contribution in [2.24, 2.45) is 11.8 Å². The van der Waals surface area contributed by atoms with Crippen LogP contribution in [0, 0.1) is 11.8 Å². The van der Waals surface area contributed by atoms with E-state index in [2.05, 4.69) is 67.8 Å². The number of allylic oxidation sites excluding steroid dienone is 8. The Morgan fingerprint density at radius 1 is 0.862 bits per heavy atom. The molecule has 1 amide bonds. The first kappa shape index (κ1) is 27.4. The number of hydrogen-bond donors (Lipinski definition) is 1. The molecule has 0 aliphatic heterocycles. The first-order valence-corrected chi connectivity index (χ1v) is 11.5. The maximum Gasteiger partial charge on any atom is 0.222 e. The summed E-state index contributed by atoms with van der Waals surface area (Å²) in [6.45, 7) is 6.11. The molecule has 0 aromatic carbocycles. The van der Waals surface area contributed by atoms with Crippen molar-refractivity contribution >= 4 is 5.91 Å². The van der Waals surface area contributed by atoms with E-state index in [9.17, 15) is 9.18 Å². The Bertz CT molecular complexity index is 493. The van der Waals surface area contributed by atoms with Gasteiger partial charge in [-0.3, -0.25) is 4.79 Å². The zero-order chi connectivity index (χ0) is 21.6. The summed E-state index contributed by atoms with van der Waals surface area (Å²) in [6, 6.07) is 0. The summed E-state index contributed by atoms with van der Waals surface area (Å²) >= 11 is 0. The van der Waals surface area contributed by atoms with Crippen molar-refractivity contribution in [2.45, 2.75) is 85.0 Å². The average molecular weight is 406 g/mol. The van der Waals surface area contributed by atoms with Crippen LogP contribution in [-0.2, 0) is 4.79 Å². The van der Waals surface area contributed by atoms with Crippen LogP contribution in [0.3, 0.4) is 0 Å². The molecule has 0 aromatic heterocycles. The Labute approximate surface area is 179 Å². The van der Waals surface area contributed by atoms with Crippen LogP contribution in [0.1, 0.15) is 85.0 Å². The van der Waals surface area contributed by atoms with E-state index < -0.39 is 6.67 Å². The second-order valence-electron chi connectivity index (χ2n) is 7.89. The zero-order valence-corrected chi connectivity index (χ0v) is 19.0. The van der Waals surface area contributed by atoms with E-state index in [-0.39, 0.29) is 18.4 Å². The monoisotopic (exact) mass is 405 g/mol. The fourth-order valence-corrected chi connectivity index (χ4v) is 2.94. The van der Waals surface area contributed by atoms with Gasteiger partial charge in [0.2, 0.25) is 5.91 Å². The fourth-order valence-electron chi connectivity index (χ4n) is 2.94. The molecule has 2 nitrogen and oxygen atoms in total. The fraction of sp³-hybridized carbons (Fsp3) is 0.654. The van der Waals surface area contributed by atoms with Crippen LogP contribution in [-0.4, -0.2) is 19.1 Å². The van der Waals surface area contributed by atoms with Gasteiger partial charge >= 0.3 is 0 Å². The number of unbranched alkanes of at least 4 members (excludes halogenated alkanes) is 2. The Morgan fingerprint density at radius 2 is 1.45 bits per heavy atom. The molecule has 0 aliphatic rings. The van der Waals surface area contributed by atoms with Crippen LogP contribution < -0.4 is 5.32 Å². The second kappa shape index (κ2) is 21.1. The lowest BCUT2D eigenvalue weighted by Crippen LogP contribution is -2.30. The van der Waals surface area contributed by atoms with E-state index in [1.54, 1.807) is 0 Å². The predicted molar refractivity (Wildman–Crippen MR) is 126 cm³/mol. The van der Waals surface area contributed by atoms with Gasteiger partial charge in [0.05, 0.1) is 0 Å². The van der Waals surface area contributed by atoms with Crippen molar-refractivity contribution in [1.82, 2.24) is 5.32 Å². The molecule has 0 saturated heterocycles. The molecule has 0 rings (SSSR count). The molecular weight excluding hydrogens is 361 g/mol. The summed E-state index contributed by atoms with van der Waals surface area (Å²) in [6.07, 6.45) is 28.8. The van der Waals surface area contributed by atoms with Gasteiger partial charge in [0, 0.05) is 12.5 Å². The first-order valence-electron chi connectivity index (χ1n) is 11.5. The van der Waals surface area contributed by atoms with Gasteiger partial charge in [0.1, 0.15) is 6.67 Å². The summed E-state index contributed by atoms with van der Waals surface area (Å²) in [5, 5.41) is 2.58.